The largest absolute Gasteiger partial charge is 0.396 e. The molecule has 4 heterocycles. The fraction of sp³-hybridized carbons (Fsp3) is 0.357. The Morgan fingerprint density at radius 2 is 1.94 bits per heavy atom. The van der Waals surface area contributed by atoms with Gasteiger partial charge in [0.2, 0.25) is 5.91 Å². The summed E-state index contributed by atoms with van der Waals surface area (Å²) < 4.78 is 1.79. The summed E-state index contributed by atoms with van der Waals surface area (Å²) in [5.41, 5.74) is 3.27. The van der Waals surface area contributed by atoms with Crippen molar-refractivity contribution < 1.29 is 9.90 Å². The first kappa shape index (κ1) is 24.1. The number of carbonyl (C=O) groups excluding carboxylic acids is 1. The van der Waals surface area contributed by atoms with E-state index in [0.29, 0.717) is 18.7 Å². The summed E-state index contributed by atoms with van der Waals surface area (Å²) in [6, 6.07) is 12.9. The summed E-state index contributed by atoms with van der Waals surface area (Å²) in [5.74, 6) is -0.964. The van der Waals surface area contributed by atoms with E-state index in [1.165, 1.54) is 6.33 Å². The minimum absolute atomic E-state index is 0.0707. The van der Waals surface area contributed by atoms with E-state index in [9.17, 15) is 14.7 Å². The van der Waals surface area contributed by atoms with E-state index in [1.807, 2.05) is 62.4 Å². The third-order valence-electron chi connectivity index (χ3n) is 7.49. The molecule has 3 aromatic rings. The monoisotopic (exact) mass is 485 g/mol. The van der Waals surface area contributed by atoms with Gasteiger partial charge in [-0.1, -0.05) is 42.5 Å². The zero-order valence-electron chi connectivity index (χ0n) is 20.5. The smallest absolute Gasteiger partial charge is 0.258 e. The topological polar surface area (TPSA) is 100 Å². The van der Waals surface area contributed by atoms with Gasteiger partial charge >= 0.3 is 0 Å². The number of hydrogen-bond acceptors (Lipinski definition) is 6. The molecule has 36 heavy (non-hydrogen) atoms. The maximum absolute atomic E-state index is 13.8. The van der Waals surface area contributed by atoms with Gasteiger partial charge in [-0.15, -0.1) is 0 Å². The number of pyridine rings is 1. The quantitative estimate of drug-likeness (QED) is 0.534. The summed E-state index contributed by atoms with van der Waals surface area (Å²) in [7, 11) is 0. The fourth-order valence-corrected chi connectivity index (χ4v) is 5.82. The van der Waals surface area contributed by atoms with E-state index in [2.05, 4.69) is 20.2 Å². The molecule has 0 radical (unpaired) electrons. The van der Waals surface area contributed by atoms with Crippen molar-refractivity contribution in [3.63, 3.8) is 0 Å². The Balaban J connectivity index is 1.55. The van der Waals surface area contributed by atoms with Crippen LogP contribution in [-0.4, -0.2) is 43.1 Å². The molecule has 1 amide bonds. The minimum atomic E-state index is -0.517. The summed E-state index contributed by atoms with van der Waals surface area (Å²) >= 11 is 0. The van der Waals surface area contributed by atoms with Crippen LogP contribution in [0.2, 0.25) is 0 Å². The highest BCUT2D eigenvalue weighted by Gasteiger charge is 2.55. The molecule has 1 fully saturated rings. The van der Waals surface area contributed by atoms with Gasteiger partial charge in [0, 0.05) is 60.9 Å². The number of allylic oxidation sites excluding steroid dienone is 1. The van der Waals surface area contributed by atoms with Crippen molar-refractivity contribution in [1.29, 1.82) is 0 Å². The standard InChI is InChI=1S/C28H31N5O3/c1-3-7-21-10-11-23-26-25(27(35)31-18(2)20-8-5-4-6-9-20)22(16-34)24(15-33(23)28(21)36)32(26)14-19-12-29-17-30-13-19/h3-13,17-18,22,24-26,34H,14-16H2,1-2H3,(H,31,35)/b7-3+/t18-,22+,24+,25-,26-/m0/s1. The Morgan fingerprint density at radius 3 is 2.64 bits per heavy atom. The van der Waals surface area contributed by atoms with Gasteiger partial charge in [-0.25, -0.2) is 9.97 Å². The molecular formula is C28H31N5O3. The number of carbonyl (C=O) groups is 1. The van der Waals surface area contributed by atoms with E-state index in [-0.39, 0.29) is 42.1 Å². The van der Waals surface area contributed by atoms with Crippen LogP contribution in [0.3, 0.4) is 0 Å². The van der Waals surface area contributed by atoms with Gasteiger partial charge in [-0.05, 0) is 31.5 Å². The fourth-order valence-electron chi connectivity index (χ4n) is 5.82. The Kier molecular flexibility index (Phi) is 6.80. The number of hydrogen-bond donors (Lipinski definition) is 2. The number of aliphatic hydroxyl groups is 1. The molecule has 2 aromatic heterocycles. The second-order valence-electron chi connectivity index (χ2n) is 9.57. The number of amides is 1. The predicted molar refractivity (Wildman–Crippen MR) is 137 cm³/mol. The molecule has 5 rings (SSSR count). The van der Waals surface area contributed by atoms with Crippen LogP contribution in [0.1, 0.15) is 48.3 Å². The van der Waals surface area contributed by atoms with Crippen LogP contribution >= 0.6 is 0 Å². The number of nitrogens with zero attached hydrogens (tertiary/aromatic N) is 4. The van der Waals surface area contributed by atoms with Crippen molar-refractivity contribution in [3.8, 4) is 0 Å². The van der Waals surface area contributed by atoms with Crippen LogP contribution in [-0.2, 0) is 17.9 Å². The molecule has 0 saturated carbocycles. The molecule has 186 valence electrons. The first-order valence-corrected chi connectivity index (χ1v) is 12.4. The summed E-state index contributed by atoms with van der Waals surface area (Å²) in [5, 5.41) is 13.7. The third-order valence-corrected chi connectivity index (χ3v) is 7.49. The van der Waals surface area contributed by atoms with Crippen molar-refractivity contribution in [2.24, 2.45) is 11.8 Å². The highest BCUT2D eigenvalue weighted by atomic mass is 16.3. The zero-order valence-corrected chi connectivity index (χ0v) is 20.5. The molecule has 2 N–H and O–H groups in total. The number of aromatic nitrogens is 3. The van der Waals surface area contributed by atoms with Gasteiger partial charge in [0.15, 0.2) is 0 Å². The van der Waals surface area contributed by atoms with Crippen LogP contribution in [0, 0.1) is 11.8 Å². The molecule has 0 aliphatic carbocycles. The lowest BCUT2D eigenvalue weighted by Crippen LogP contribution is -2.46. The Hall–Kier alpha value is -3.62. The van der Waals surface area contributed by atoms with Crippen molar-refractivity contribution in [3.05, 3.63) is 100.0 Å². The minimum Gasteiger partial charge on any atom is -0.396 e. The van der Waals surface area contributed by atoms with Gasteiger partial charge in [-0.3, -0.25) is 14.5 Å². The van der Waals surface area contributed by atoms with Crippen molar-refractivity contribution in [1.82, 2.24) is 24.8 Å². The summed E-state index contributed by atoms with van der Waals surface area (Å²) in [6.07, 6.45) is 8.68. The normalized spacial score (nSPS) is 24.0. The molecule has 8 nitrogen and oxygen atoms in total. The summed E-state index contributed by atoms with van der Waals surface area (Å²) in [4.78, 5) is 37.7. The summed E-state index contributed by atoms with van der Waals surface area (Å²) in [6.45, 7) is 4.63. The molecule has 2 bridgehead atoms. The maximum atomic E-state index is 13.8. The van der Waals surface area contributed by atoms with Crippen molar-refractivity contribution >= 4 is 12.0 Å². The zero-order chi connectivity index (χ0) is 25.2. The molecule has 2 aliphatic rings. The van der Waals surface area contributed by atoms with Gasteiger partial charge < -0.3 is 15.0 Å². The van der Waals surface area contributed by atoms with Crippen molar-refractivity contribution in [2.45, 2.75) is 45.1 Å². The molecule has 8 heteroatoms. The molecule has 5 atom stereocenters. The van der Waals surface area contributed by atoms with Gasteiger partial charge in [0.1, 0.15) is 6.33 Å². The van der Waals surface area contributed by atoms with E-state index < -0.39 is 5.92 Å². The van der Waals surface area contributed by atoms with E-state index in [0.717, 1.165) is 16.8 Å². The lowest BCUT2D eigenvalue weighted by atomic mass is 9.86. The highest BCUT2D eigenvalue weighted by molar-refractivity contribution is 5.81. The van der Waals surface area contributed by atoms with Gasteiger partial charge in [0.05, 0.1) is 18.0 Å². The van der Waals surface area contributed by atoms with E-state index in [1.54, 1.807) is 23.0 Å². The molecular weight excluding hydrogens is 454 g/mol. The third kappa shape index (κ3) is 4.27. The average Bonchev–Trinajstić information content (AvgIpc) is 3.10. The van der Waals surface area contributed by atoms with E-state index in [4.69, 9.17) is 0 Å². The van der Waals surface area contributed by atoms with Crippen LogP contribution in [0.15, 0.2) is 72.1 Å². The van der Waals surface area contributed by atoms with Gasteiger partial charge in [0.25, 0.3) is 5.56 Å². The SMILES string of the molecule is C/C=C/c1ccc2n(c1=O)C[C@@H]1[C@@H](CO)[C@H](C(=O)N[C@@H](C)c3ccccc3)[C@H]2N1Cc1cncnc1. The Labute approximate surface area is 210 Å². The first-order chi connectivity index (χ1) is 17.5. The Bertz CT molecular complexity index is 1310. The van der Waals surface area contributed by atoms with E-state index >= 15 is 0 Å². The van der Waals surface area contributed by atoms with Crippen LogP contribution in [0.25, 0.3) is 6.08 Å². The average molecular weight is 486 g/mol. The van der Waals surface area contributed by atoms with Crippen LogP contribution < -0.4 is 10.9 Å². The van der Waals surface area contributed by atoms with Crippen LogP contribution in [0.5, 0.6) is 0 Å². The second-order valence-corrected chi connectivity index (χ2v) is 9.57. The molecule has 0 spiro atoms. The van der Waals surface area contributed by atoms with Crippen molar-refractivity contribution in [2.75, 3.05) is 6.61 Å². The highest BCUT2D eigenvalue weighted by Crippen LogP contribution is 2.49. The second kappa shape index (κ2) is 10.2. The number of benzene rings is 1. The first-order valence-electron chi connectivity index (χ1n) is 12.4. The maximum Gasteiger partial charge on any atom is 0.258 e. The molecule has 0 unspecified atom stereocenters. The molecule has 1 aromatic carbocycles. The lowest BCUT2D eigenvalue weighted by molar-refractivity contribution is -0.128. The molecule has 2 aliphatic heterocycles. The number of rotatable bonds is 7. The number of aliphatic hydroxyl groups excluding tert-OH is 1. The number of fused-ring (bicyclic) bond motifs is 4. The Morgan fingerprint density at radius 1 is 1.19 bits per heavy atom. The number of nitrogens with one attached hydrogen (secondary N) is 1. The lowest BCUT2D eigenvalue weighted by Gasteiger charge is -2.38. The van der Waals surface area contributed by atoms with Gasteiger partial charge in [-0.2, -0.15) is 0 Å². The van der Waals surface area contributed by atoms with Crippen LogP contribution in [0.4, 0.5) is 0 Å². The predicted octanol–water partition coefficient (Wildman–Crippen LogP) is 2.71. The molecule has 1 saturated heterocycles.